The first-order valence-electron chi connectivity index (χ1n) is 4.50. The van der Waals surface area contributed by atoms with Crippen LogP contribution < -0.4 is 10.5 Å². The number of Topliss-reactive ketones (excluding diaryl/α,β-unsaturated/α-hetero) is 1. The van der Waals surface area contributed by atoms with Crippen molar-refractivity contribution in [2.75, 3.05) is 5.73 Å². The van der Waals surface area contributed by atoms with Crippen LogP contribution in [0.15, 0.2) is 12.1 Å². The number of hydrogen-bond donors (Lipinski definition) is 1. The second-order valence-corrected chi connectivity index (χ2v) is 3.22. The molecule has 3 nitrogen and oxygen atoms in total. The molecule has 0 aliphatic heterocycles. The second kappa shape index (κ2) is 5.03. The number of benzene rings is 1. The van der Waals surface area contributed by atoms with Crippen LogP contribution in [0.5, 0.6) is 5.75 Å². The van der Waals surface area contributed by atoms with E-state index in [0.717, 1.165) is 19.1 Å². The van der Waals surface area contributed by atoms with E-state index in [-0.39, 0.29) is 5.56 Å². The molecule has 94 valence electrons. The van der Waals surface area contributed by atoms with E-state index in [9.17, 15) is 22.4 Å². The monoisotopic (exact) mass is 251 g/mol. The van der Waals surface area contributed by atoms with Crippen LogP contribution in [0.4, 0.5) is 23.2 Å². The molecule has 0 aromatic heterocycles. The van der Waals surface area contributed by atoms with Gasteiger partial charge in [0.05, 0.1) is 11.3 Å². The number of carbonyl (C=O) groups is 1. The molecule has 0 aliphatic rings. The van der Waals surface area contributed by atoms with Crippen LogP contribution in [-0.2, 0) is 0 Å². The number of hydrogen-bond acceptors (Lipinski definition) is 3. The molecular formula is C10H9F4NO2. The van der Waals surface area contributed by atoms with Gasteiger partial charge in [0.15, 0.2) is 11.5 Å². The van der Waals surface area contributed by atoms with Crippen molar-refractivity contribution in [3.63, 3.8) is 0 Å². The summed E-state index contributed by atoms with van der Waals surface area (Å²) in [4.78, 5) is 11.0. The minimum absolute atomic E-state index is 0.0839. The minimum atomic E-state index is -3.27. The van der Waals surface area contributed by atoms with Crippen molar-refractivity contribution < 1.29 is 27.1 Å². The lowest BCUT2D eigenvalue weighted by Gasteiger charge is -2.13. The molecule has 0 saturated carbocycles. The highest BCUT2D eigenvalue weighted by molar-refractivity contribution is 5.95. The Morgan fingerprint density at radius 2 is 1.88 bits per heavy atom. The van der Waals surface area contributed by atoms with Crippen LogP contribution in [0.1, 0.15) is 29.3 Å². The molecule has 1 aromatic carbocycles. The maximum atomic E-state index is 12.6. The maximum Gasteiger partial charge on any atom is 0.387 e. The summed E-state index contributed by atoms with van der Waals surface area (Å²) in [6.45, 7) is -2.12. The summed E-state index contributed by atoms with van der Waals surface area (Å²) in [5.41, 5.74) is 3.97. The van der Waals surface area contributed by atoms with Gasteiger partial charge in [-0.3, -0.25) is 4.79 Å². The van der Waals surface area contributed by atoms with E-state index < -0.39 is 35.8 Å². The van der Waals surface area contributed by atoms with Gasteiger partial charge in [-0.2, -0.15) is 8.78 Å². The Morgan fingerprint density at radius 1 is 1.29 bits per heavy atom. The van der Waals surface area contributed by atoms with Gasteiger partial charge in [0.2, 0.25) is 0 Å². The fourth-order valence-electron chi connectivity index (χ4n) is 1.27. The Bertz CT molecular complexity index is 435. The Kier molecular flexibility index (Phi) is 3.93. The van der Waals surface area contributed by atoms with Crippen LogP contribution in [-0.4, -0.2) is 12.4 Å². The molecule has 0 atom stereocenters. The van der Waals surface area contributed by atoms with E-state index in [4.69, 9.17) is 5.73 Å². The number of alkyl halides is 4. The number of rotatable bonds is 4. The van der Waals surface area contributed by atoms with Crippen molar-refractivity contribution in [3.8, 4) is 5.75 Å². The molecule has 1 aromatic rings. The normalized spacial score (nSPS) is 11.0. The zero-order valence-electron chi connectivity index (χ0n) is 8.72. The number of nitrogens with two attached hydrogens (primary N) is 1. The Balaban J connectivity index is 3.33. The summed E-state index contributed by atoms with van der Waals surface area (Å²) in [5, 5.41) is 0. The lowest BCUT2D eigenvalue weighted by atomic mass is 10.1. The third-order valence-corrected chi connectivity index (χ3v) is 1.99. The predicted molar refractivity (Wildman–Crippen MR) is 52.4 cm³/mol. The Labute approximate surface area is 94.2 Å². The largest absolute Gasteiger partial charge is 0.432 e. The quantitative estimate of drug-likeness (QED) is 0.508. The fourth-order valence-corrected chi connectivity index (χ4v) is 1.27. The molecular weight excluding hydrogens is 242 g/mol. The van der Waals surface area contributed by atoms with Crippen LogP contribution >= 0.6 is 0 Å². The van der Waals surface area contributed by atoms with Gasteiger partial charge in [0.25, 0.3) is 6.43 Å². The zero-order valence-corrected chi connectivity index (χ0v) is 8.72. The predicted octanol–water partition coefficient (Wildman–Crippen LogP) is 3.01. The van der Waals surface area contributed by atoms with Crippen molar-refractivity contribution in [1.82, 2.24) is 0 Å². The number of nitrogen functional groups attached to an aromatic ring is 1. The number of ketones is 1. The first-order valence-corrected chi connectivity index (χ1v) is 4.50. The van der Waals surface area contributed by atoms with Gasteiger partial charge in [0.1, 0.15) is 0 Å². The fraction of sp³-hybridized carbons (Fsp3) is 0.300. The summed E-state index contributed by atoms with van der Waals surface area (Å²) < 4.78 is 53.2. The van der Waals surface area contributed by atoms with E-state index in [1.54, 1.807) is 0 Å². The Hall–Kier alpha value is -1.79. The van der Waals surface area contributed by atoms with Crippen molar-refractivity contribution in [2.24, 2.45) is 0 Å². The average molecular weight is 251 g/mol. The molecule has 7 heteroatoms. The molecule has 0 bridgehead atoms. The molecule has 2 N–H and O–H groups in total. The molecule has 0 heterocycles. The molecule has 1 rings (SSSR count). The van der Waals surface area contributed by atoms with E-state index >= 15 is 0 Å². The van der Waals surface area contributed by atoms with Crippen LogP contribution in [0.3, 0.4) is 0 Å². The molecule has 0 saturated heterocycles. The third kappa shape index (κ3) is 3.08. The van der Waals surface area contributed by atoms with Crippen LogP contribution in [0.25, 0.3) is 0 Å². The van der Waals surface area contributed by atoms with Gasteiger partial charge in [-0.15, -0.1) is 0 Å². The van der Waals surface area contributed by atoms with E-state index in [0.29, 0.717) is 0 Å². The highest BCUT2D eigenvalue weighted by Crippen LogP contribution is 2.36. The summed E-state index contributed by atoms with van der Waals surface area (Å²) >= 11 is 0. The molecule has 0 unspecified atom stereocenters. The second-order valence-electron chi connectivity index (χ2n) is 3.22. The van der Waals surface area contributed by atoms with Gasteiger partial charge >= 0.3 is 6.61 Å². The zero-order chi connectivity index (χ0) is 13.2. The molecule has 0 aliphatic carbocycles. The average Bonchev–Trinajstić information content (AvgIpc) is 2.19. The van der Waals surface area contributed by atoms with E-state index in [1.807, 2.05) is 0 Å². The number of halogens is 4. The van der Waals surface area contributed by atoms with Crippen molar-refractivity contribution in [3.05, 3.63) is 23.3 Å². The van der Waals surface area contributed by atoms with E-state index in [2.05, 4.69) is 4.74 Å². The first kappa shape index (κ1) is 13.3. The molecule has 0 radical (unpaired) electrons. The van der Waals surface area contributed by atoms with Crippen molar-refractivity contribution in [2.45, 2.75) is 20.0 Å². The van der Waals surface area contributed by atoms with Gasteiger partial charge in [-0.25, -0.2) is 8.78 Å². The van der Waals surface area contributed by atoms with Crippen LogP contribution in [0.2, 0.25) is 0 Å². The Morgan fingerprint density at radius 3 is 2.29 bits per heavy atom. The summed E-state index contributed by atoms with van der Waals surface area (Å²) in [5.74, 6) is -1.29. The standard InChI is InChI=1S/C10H9F4NO2/c1-4(16)5-2-6(9(11)12)8(7(15)3-5)17-10(13)14/h2-3,9-10H,15H2,1H3. The number of carbonyl (C=O) groups excluding carboxylic acids is 1. The van der Waals surface area contributed by atoms with E-state index in [1.165, 1.54) is 0 Å². The van der Waals surface area contributed by atoms with Gasteiger partial charge in [-0.1, -0.05) is 0 Å². The highest BCUT2D eigenvalue weighted by atomic mass is 19.3. The summed E-state index contributed by atoms with van der Waals surface area (Å²) in [7, 11) is 0. The first-order chi connectivity index (χ1) is 7.82. The van der Waals surface area contributed by atoms with Gasteiger partial charge in [-0.05, 0) is 19.1 Å². The third-order valence-electron chi connectivity index (χ3n) is 1.99. The maximum absolute atomic E-state index is 12.6. The molecule has 17 heavy (non-hydrogen) atoms. The molecule has 0 fully saturated rings. The van der Waals surface area contributed by atoms with Crippen molar-refractivity contribution >= 4 is 11.5 Å². The van der Waals surface area contributed by atoms with Crippen LogP contribution in [0, 0.1) is 0 Å². The topological polar surface area (TPSA) is 52.3 Å². The summed E-state index contributed by atoms with van der Waals surface area (Å²) in [6.07, 6.45) is -3.06. The highest BCUT2D eigenvalue weighted by Gasteiger charge is 2.21. The van der Waals surface area contributed by atoms with Crippen molar-refractivity contribution in [1.29, 1.82) is 0 Å². The SMILES string of the molecule is CC(=O)c1cc(N)c(OC(F)F)c(C(F)F)c1. The minimum Gasteiger partial charge on any atom is -0.432 e. The van der Waals surface area contributed by atoms with Gasteiger partial charge in [0, 0.05) is 5.56 Å². The van der Waals surface area contributed by atoms with Gasteiger partial charge < -0.3 is 10.5 Å². The lowest BCUT2D eigenvalue weighted by molar-refractivity contribution is -0.0514. The molecule has 0 spiro atoms. The number of anilines is 1. The smallest absolute Gasteiger partial charge is 0.387 e. The lowest BCUT2D eigenvalue weighted by Crippen LogP contribution is -2.09. The summed E-state index contributed by atoms with van der Waals surface area (Å²) in [6, 6.07) is 1.81. The number of ether oxygens (including phenoxy) is 1. The molecule has 0 amide bonds.